The molecule has 1 aliphatic rings. The molecule has 1 aromatic rings. The summed E-state index contributed by atoms with van der Waals surface area (Å²) in [7, 11) is 0. The van der Waals surface area contributed by atoms with Crippen LogP contribution in [0.3, 0.4) is 0 Å². The number of carbonyl (C=O) groups is 1. The summed E-state index contributed by atoms with van der Waals surface area (Å²) in [5.41, 5.74) is 0.715. The topological polar surface area (TPSA) is 62.1 Å². The molecule has 1 aliphatic carbocycles. The smallest absolute Gasteiger partial charge is 0.227 e. The number of carbonyl (C=O) groups excluding carboxylic acids is 1. The summed E-state index contributed by atoms with van der Waals surface area (Å²) in [6.45, 7) is 0.0139. The van der Waals surface area contributed by atoms with Crippen molar-refractivity contribution >= 4 is 11.6 Å². The lowest BCUT2D eigenvalue weighted by Crippen LogP contribution is -2.13. The summed E-state index contributed by atoms with van der Waals surface area (Å²) in [5, 5.41) is 11.2. The number of hydrogen-bond donors (Lipinski definition) is 1. The summed E-state index contributed by atoms with van der Waals surface area (Å²) in [6.07, 6.45) is 1.97. The molecule has 1 aromatic carbocycles. The predicted molar refractivity (Wildman–Crippen MR) is 58.9 cm³/mol. The molecule has 1 N–H and O–H groups in total. The summed E-state index contributed by atoms with van der Waals surface area (Å²) in [6, 6.07) is 8.96. The van der Waals surface area contributed by atoms with Crippen molar-refractivity contribution in [1.82, 2.24) is 0 Å². The predicted octanol–water partition coefficient (Wildman–Crippen LogP) is 1.94. The molecule has 1 fully saturated rings. The number of ether oxygens (including phenoxy) is 1. The minimum absolute atomic E-state index is 0.0139. The Morgan fingerprint density at radius 1 is 1.56 bits per heavy atom. The monoisotopic (exact) mass is 216 g/mol. The lowest BCUT2D eigenvalue weighted by atomic mass is 10.3. The Hall–Kier alpha value is -2.02. The van der Waals surface area contributed by atoms with Crippen molar-refractivity contribution in [1.29, 1.82) is 5.26 Å². The van der Waals surface area contributed by atoms with Gasteiger partial charge in [-0.2, -0.15) is 5.26 Å². The van der Waals surface area contributed by atoms with E-state index in [9.17, 15) is 4.79 Å². The van der Waals surface area contributed by atoms with Crippen LogP contribution in [0.25, 0.3) is 0 Å². The number of nitrogens with one attached hydrogen (secondary N) is 1. The van der Waals surface area contributed by atoms with E-state index in [0.717, 1.165) is 12.8 Å². The van der Waals surface area contributed by atoms with E-state index in [1.54, 1.807) is 24.3 Å². The molecule has 2 rings (SSSR count). The molecule has 16 heavy (non-hydrogen) atoms. The highest BCUT2D eigenvalue weighted by Crippen LogP contribution is 2.30. The maximum atomic E-state index is 11.5. The number of anilines is 1. The van der Waals surface area contributed by atoms with E-state index in [4.69, 9.17) is 10.00 Å². The molecule has 1 saturated carbocycles. The van der Waals surface area contributed by atoms with Crippen LogP contribution in [0, 0.1) is 17.2 Å². The van der Waals surface area contributed by atoms with Crippen molar-refractivity contribution in [3.05, 3.63) is 24.3 Å². The van der Waals surface area contributed by atoms with Gasteiger partial charge in [0.15, 0.2) is 6.61 Å². The first-order chi connectivity index (χ1) is 7.79. The van der Waals surface area contributed by atoms with E-state index in [0.29, 0.717) is 11.4 Å². The Balaban J connectivity index is 1.98. The van der Waals surface area contributed by atoms with Crippen LogP contribution in [0.1, 0.15) is 12.8 Å². The van der Waals surface area contributed by atoms with Crippen LogP contribution in [0.2, 0.25) is 0 Å². The van der Waals surface area contributed by atoms with Crippen molar-refractivity contribution in [3.8, 4) is 11.8 Å². The van der Waals surface area contributed by atoms with E-state index in [1.807, 2.05) is 6.07 Å². The standard InChI is InChI=1S/C12H12N2O2/c13-6-7-16-11-3-1-2-10(8-11)14-12(15)9-4-5-9/h1-3,8-9H,4-5,7H2,(H,14,15). The molecule has 0 spiro atoms. The molecule has 4 heteroatoms. The molecule has 4 nitrogen and oxygen atoms in total. The number of benzene rings is 1. The second kappa shape index (κ2) is 4.67. The van der Waals surface area contributed by atoms with Gasteiger partial charge in [0.25, 0.3) is 0 Å². The lowest BCUT2D eigenvalue weighted by Gasteiger charge is -2.06. The minimum Gasteiger partial charge on any atom is -0.479 e. The number of hydrogen-bond acceptors (Lipinski definition) is 3. The number of nitrogens with zero attached hydrogens (tertiary/aromatic N) is 1. The number of nitriles is 1. The van der Waals surface area contributed by atoms with Gasteiger partial charge in [0.05, 0.1) is 0 Å². The first-order valence-electron chi connectivity index (χ1n) is 5.20. The average molecular weight is 216 g/mol. The van der Waals surface area contributed by atoms with Crippen LogP contribution >= 0.6 is 0 Å². The molecule has 0 aromatic heterocycles. The second-order valence-corrected chi connectivity index (χ2v) is 3.74. The molecule has 0 heterocycles. The number of amides is 1. The van der Waals surface area contributed by atoms with Gasteiger partial charge in [0.1, 0.15) is 11.8 Å². The van der Waals surface area contributed by atoms with Gasteiger partial charge < -0.3 is 10.1 Å². The molecule has 0 atom stereocenters. The quantitative estimate of drug-likeness (QED) is 0.836. The first-order valence-corrected chi connectivity index (χ1v) is 5.20. The molecular weight excluding hydrogens is 204 g/mol. The fourth-order valence-electron chi connectivity index (χ4n) is 1.37. The Morgan fingerprint density at radius 2 is 2.38 bits per heavy atom. The highest BCUT2D eigenvalue weighted by atomic mass is 16.5. The zero-order chi connectivity index (χ0) is 11.4. The van der Waals surface area contributed by atoms with Gasteiger partial charge >= 0.3 is 0 Å². The van der Waals surface area contributed by atoms with Gasteiger partial charge in [-0.05, 0) is 25.0 Å². The van der Waals surface area contributed by atoms with Gasteiger partial charge in [-0.3, -0.25) is 4.79 Å². The highest BCUT2D eigenvalue weighted by molar-refractivity contribution is 5.94. The Morgan fingerprint density at radius 3 is 3.06 bits per heavy atom. The molecular formula is C12H12N2O2. The van der Waals surface area contributed by atoms with Crippen LogP contribution in [0.5, 0.6) is 5.75 Å². The Kier molecular flexibility index (Phi) is 3.06. The molecule has 0 radical (unpaired) electrons. The third-order valence-electron chi connectivity index (χ3n) is 2.35. The van der Waals surface area contributed by atoms with Crippen LogP contribution in [0.15, 0.2) is 24.3 Å². The molecule has 0 saturated heterocycles. The fourth-order valence-corrected chi connectivity index (χ4v) is 1.37. The van der Waals surface area contributed by atoms with E-state index < -0.39 is 0 Å². The normalized spacial score (nSPS) is 13.9. The Bertz CT molecular complexity index is 433. The zero-order valence-electron chi connectivity index (χ0n) is 8.77. The first kappa shape index (κ1) is 10.5. The molecule has 0 aliphatic heterocycles. The highest BCUT2D eigenvalue weighted by Gasteiger charge is 2.29. The molecule has 82 valence electrons. The summed E-state index contributed by atoms with van der Waals surface area (Å²) >= 11 is 0. The van der Waals surface area contributed by atoms with Crippen molar-refractivity contribution in [2.75, 3.05) is 11.9 Å². The maximum absolute atomic E-state index is 11.5. The third-order valence-corrected chi connectivity index (χ3v) is 2.35. The van der Waals surface area contributed by atoms with Gasteiger partial charge in [-0.15, -0.1) is 0 Å². The van der Waals surface area contributed by atoms with E-state index in [-0.39, 0.29) is 18.4 Å². The molecule has 0 bridgehead atoms. The SMILES string of the molecule is N#CCOc1cccc(NC(=O)C2CC2)c1. The number of rotatable bonds is 4. The Labute approximate surface area is 93.8 Å². The van der Waals surface area contributed by atoms with Crippen molar-refractivity contribution in [3.63, 3.8) is 0 Å². The molecule has 0 unspecified atom stereocenters. The lowest BCUT2D eigenvalue weighted by molar-refractivity contribution is -0.117. The van der Waals surface area contributed by atoms with Crippen LogP contribution in [0.4, 0.5) is 5.69 Å². The summed E-state index contributed by atoms with van der Waals surface area (Å²) in [5.74, 6) is 0.844. The van der Waals surface area contributed by atoms with Crippen molar-refractivity contribution < 1.29 is 9.53 Å². The van der Waals surface area contributed by atoms with Gasteiger partial charge in [0.2, 0.25) is 5.91 Å². The fraction of sp³-hybridized carbons (Fsp3) is 0.333. The summed E-state index contributed by atoms with van der Waals surface area (Å²) < 4.78 is 5.14. The van der Waals surface area contributed by atoms with E-state index in [1.165, 1.54) is 0 Å². The van der Waals surface area contributed by atoms with Crippen molar-refractivity contribution in [2.24, 2.45) is 5.92 Å². The van der Waals surface area contributed by atoms with Crippen LogP contribution in [-0.2, 0) is 4.79 Å². The molecule has 1 amide bonds. The van der Waals surface area contributed by atoms with Gasteiger partial charge in [-0.1, -0.05) is 6.07 Å². The average Bonchev–Trinajstić information content (AvgIpc) is 3.10. The minimum atomic E-state index is 0.0139. The van der Waals surface area contributed by atoms with Crippen LogP contribution < -0.4 is 10.1 Å². The zero-order valence-corrected chi connectivity index (χ0v) is 8.77. The van der Waals surface area contributed by atoms with E-state index >= 15 is 0 Å². The third kappa shape index (κ3) is 2.74. The maximum Gasteiger partial charge on any atom is 0.227 e. The van der Waals surface area contributed by atoms with Crippen molar-refractivity contribution in [2.45, 2.75) is 12.8 Å². The van der Waals surface area contributed by atoms with Crippen LogP contribution in [-0.4, -0.2) is 12.5 Å². The summed E-state index contributed by atoms with van der Waals surface area (Å²) in [4.78, 5) is 11.5. The largest absolute Gasteiger partial charge is 0.479 e. The van der Waals surface area contributed by atoms with Gasteiger partial charge in [-0.25, -0.2) is 0 Å². The van der Waals surface area contributed by atoms with Gasteiger partial charge in [0, 0.05) is 17.7 Å². The second-order valence-electron chi connectivity index (χ2n) is 3.74. The van der Waals surface area contributed by atoms with E-state index in [2.05, 4.69) is 5.32 Å².